The van der Waals surface area contributed by atoms with Gasteiger partial charge in [0.05, 0.1) is 0 Å². The van der Waals surface area contributed by atoms with Gasteiger partial charge < -0.3 is 10.6 Å². The lowest BCUT2D eigenvalue weighted by Crippen LogP contribution is -2.55. The quantitative estimate of drug-likeness (QED) is 0.806. The van der Waals surface area contributed by atoms with Crippen LogP contribution in [0, 0.1) is 0 Å². The lowest BCUT2D eigenvalue weighted by molar-refractivity contribution is 0.201. The van der Waals surface area contributed by atoms with Gasteiger partial charge in [0.2, 0.25) is 5.95 Å². The normalized spacial score (nSPS) is 27.3. The zero-order chi connectivity index (χ0) is 13.4. The van der Waals surface area contributed by atoms with Crippen LogP contribution in [0.2, 0.25) is 0 Å². The summed E-state index contributed by atoms with van der Waals surface area (Å²) in [4.78, 5) is 14.1. The number of rotatable bonds is 2. The molecular weight excluding hydrogens is 258 g/mol. The maximum atomic E-state index is 5.65. The lowest BCUT2D eigenvalue weighted by atomic mass is 10.1. The van der Waals surface area contributed by atoms with Crippen LogP contribution < -0.4 is 10.6 Å². The molecule has 0 radical (unpaired) electrons. The van der Waals surface area contributed by atoms with Crippen molar-refractivity contribution < 1.29 is 0 Å². The van der Waals surface area contributed by atoms with Crippen molar-refractivity contribution in [3.05, 3.63) is 18.0 Å². The summed E-state index contributed by atoms with van der Waals surface area (Å²) in [6.07, 6.45) is 4.32. The fraction of sp³-hybridized carbons (Fsp3) is 0.615. The molecule has 0 saturated carbocycles. The van der Waals surface area contributed by atoms with Crippen molar-refractivity contribution in [2.45, 2.75) is 31.8 Å². The van der Waals surface area contributed by atoms with Crippen molar-refractivity contribution in [1.29, 1.82) is 0 Å². The average molecular weight is 277 g/mol. The molecule has 0 bridgehead atoms. The van der Waals surface area contributed by atoms with Gasteiger partial charge in [-0.15, -0.1) is 0 Å². The third kappa shape index (κ3) is 2.42. The van der Waals surface area contributed by atoms with Gasteiger partial charge in [-0.3, -0.25) is 4.90 Å². The van der Waals surface area contributed by atoms with E-state index >= 15 is 0 Å². The largest absolute Gasteiger partial charge is 0.388 e. The first-order valence-corrected chi connectivity index (χ1v) is 7.19. The highest BCUT2D eigenvalue weighted by molar-refractivity contribution is 7.80. The van der Waals surface area contributed by atoms with E-state index in [0.717, 1.165) is 19.0 Å². The molecule has 2 N–H and O–H groups in total. The first-order valence-electron chi connectivity index (χ1n) is 6.78. The maximum absolute atomic E-state index is 5.65. The van der Waals surface area contributed by atoms with Gasteiger partial charge in [-0.1, -0.05) is 12.2 Å². The van der Waals surface area contributed by atoms with Gasteiger partial charge in [0.25, 0.3) is 0 Å². The van der Waals surface area contributed by atoms with E-state index in [0.29, 0.717) is 22.8 Å². The Balaban J connectivity index is 1.84. The second-order valence-corrected chi connectivity index (χ2v) is 5.84. The maximum Gasteiger partial charge on any atom is 0.226 e. The molecule has 3 heterocycles. The van der Waals surface area contributed by atoms with Crippen LogP contribution >= 0.6 is 12.2 Å². The Morgan fingerprint density at radius 2 is 2.32 bits per heavy atom. The molecule has 6 heteroatoms. The monoisotopic (exact) mass is 277 g/mol. The van der Waals surface area contributed by atoms with Crippen molar-refractivity contribution in [2.24, 2.45) is 5.73 Å². The number of hydrogen-bond acceptors (Lipinski definition) is 5. The molecule has 0 spiro atoms. The van der Waals surface area contributed by atoms with E-state index in [4.69, 9.17) is 18.0 Å². The molecule has 1 aromatic heterocycles. The first kappa shape index (κ1) is 12.7. The molecule has 1 aromatic rings. The number of nitrogens with two attached hydrogens (primary N) is 1. The van der Waals surface area contributed by atoms with E-state index in [9.17, 15) is 0 Å². The molecule has 2 aliphatic rings. The minimum Gasteiger partial charge on any atom is -0.388 e. The van der Waals surface area contributed by atoms with E-state index in [1.54, 1.807) is 12.3 Å². The third-order valence-electron chi connectivity index (χ3n) is 4.09. The highest BCUT2D eigenvalue weighted by atomic mass is 32.1. The molecule has 0 aromatic carbocycles. The van der Waals surface area contributed by atoms with Crippen LogP contribution in [-0.4, -0.2) is 51.6 Å². The van der Waals surface area contributed by atoms with Gasteiger partial charge in [-0.2, -0.15) is 0 Å². The van der Waals surface area contributed by atoms with Crippen LogP contribution in [0.15, 0.2) is 12.3 Å². The number of hydrogen-bond donors (Lipinski definition) is 1. The number of thiocarbonyl (C=S) groups is 1. The fourth-order valence-corrected chi connectivity index (χ4v) is 3.20. The van der Waals surface area contributed by atoms with Crippen LogP contribution in [0.3, 0.4) is 0 Å². The number of anilines is 1. The Kier molecular flexibility index (Phi) is 3.36. The molecule has 2 fully saturated rings. The number of piperazine rings is 1. The van der Waals surface area contributed by atoms with Crippen molar-refractivity contribution in [2.75, 3.05) is 24.5 Å². The van der Waals surface area contributed by atoms with Crippen molar-refractivity contribution in [3.63, 3.8) is 0 Å². The first-order chi connectivity index (χ1) is 9.15. The number of nitrogens with zero attached hydrogens (tertiary/aromatic N) is 4. The van der Waals surface area contributed by atoms with E-state index < -0.39 is 0 Å². The fourth-order valence-electron chi connectivity index (χ4n) is 3.09. The van der Waals surface area contributed by atoms with Gasteiger partial charge in [0.15, 0.2) is 0 Å². The van der Waals surface area contributed by atoms with E-state index in [-0.39, 0.29) is 0 Å². The summed E-state index contributed by atoms with van der Waals surface area (Å²) in [7, 11) is 0. The molecule has 0 amide bonds. The second-order valence-electron chi connectivity index (χ2n) is 5.40. The summed E-state index contributed by atoms with van der Waals surface area (Å²) in [6.45, 7) is 5.55. The van der Waals surface area contributed by atoms with Crippen LogP contribution in [0.4, 0.5) is 5.95 Å². The summed E-state index contributed by atoms with van der Waals surface area (Å²) >= 11 is 4.99. The van der Waals surface area contributed by atoms with Crippen LogP contribution in [0.25, 0.3) is 0 Å². The standard InChI is InChI=1S/C13H19N5S/c1-9-7-17-6-2-3-10(17)8-18(9)13-15-5-4-11(16-13)12(14)19/h4-5,9-10H,2-3,6-8H2,1H3,(H2,14,19). The van der Waals surface area contributed by atoms with Gasteiger partial charge in [-0.05, 0) is 32.4 Å². The molecule has 2 atom stereocenters. The SMILES string of the molecule is CC1CN2CCCC2CN1c1nccc(C(N)=S)n1. The summed E-state index contributed by atoms with van der Waals surface area (Å²) < 4.78 is 0. The minimum absolute atomic E-state index is 0.329. The summed E-state index contributed by atoms with van der Waals surface area (Å²) in [6, 6.07) is 2.84. The average Bonchev–Trinajstić information content (AvgIpc) is 2.85. The van der Waals surface area contributed by atoms with E-state index in [1.165, 1.54) is 19.4 Å². The molecule has 2 unspecified atom stereocenters. The molecule has 3 rings (SSSR count). The predicted octanol–water partition coefficient (Wildman–Crippen LogP) is 0.784. The lowest BCUT2D eigenvalue weighted by Gasteiger charge is -2.42. The van der Waals surface area contributed by atoms with Crippen molar-refractivity contribution >= 4 is 23.2 Å². The summed E-state index contributed by atoms with van der Waals surface area (Å²) in [5.74, 6) is 0.754. The molecule has 2 saturated heterocycles. The minimum atomic E-state index is 0.329. The molecule has 0 aliphatic carbocycles. The summed E-state index contributed by atoms with van der Waals surface area (Å²) in [5.41, 5.74) is 6.30. The molecule has 5 nitrogen and oxygen atoms in total. The van der Waals surface area contributed by atoms with Gasteiger partial charge >= 0.3 is 0 Å². The van der Waals surface area contributed by atoms with Crippen LogP contribution in [-0.2, 0) is 0 Å². The zero-order valence-corrected chi connectivity index (χ0v) is 11.9. The predicted molar refractivity (Wildman–Crippen MR) is 79.3 cm³/mol. The van der Waals surface area contributed by atoms with Gasteiger partial charge in [0, 0.05) is 31.4 Å². The molecule has 102 valence electrons. The van der Waals surface area contributed by atoms with Crippen LogP contribution in [0.1, 0.15) is 25.5 Å². The smallest absolute Gasteiger partial charge is 0.226 e. The molecule has 19 heavy (non-hydrogen) atoms. The topological polar surface area (TPSA) is 58.3 Å². The van der Waals surface area contributed by atoms with Crippen molar-refractivity contribution in [1.82, 2.24) is 14.9 Å². The Hall–Kier alpha value is -1.27. The zero-order valence-electron chi connectivity index (χ0n) is 11.1. The molecule has 2 aliphatic heterocycles. The Labute approximate surface area is 118 Å². The molecular formula is C13H19N5S. The van der Waals surface area contributed by atoms with E-state index in [2.05, 4.69) is 26.7 Å². The Morgan fingerprint density at radius 3 is 3.11 bits per heavy atom. The van der Waals surface area contributed by atoms with Crippen molar-refractivity contribution in [3.8, 4) is 0 Å². The van der Waals surface area contributed by atoms with E-state index in [1.807, 2.05) is 0 Å². The number of aromatic nitrogens is 2. The van der Waals surface area contributed by atoms with Gasteiger partial charge in [-0.25, -0.2) is 9.97 Å². The third-order valence-corrected chi connectivity index (χ3v) is 4.30. The highest BCUT2D eigenvalue weighted by Gasteiger charge is 2.35. The Morgan fingerprint density at radius 1 is 1.47 bits per heavy atom. The Bertz CT molecular complexity index is 492. The second kappa shape index (κ2) is 5.02. The highest BCUT2D eigenvalue weighted by Crippen LogP contribution is 2.26. The van der Waals surface area contributed by atoms with Crippen LogP contribution in [0.5, 0.6) is 0 Å². The summed E-state index contributed by atoms with van der Waals surface area (Å²) in [5, 5.41) is 0. The number of fused-ring (bicyclic) bond motifs is 1. The van der Waals surface area contributed by atoms with Gasteiger partial charge in [0.1, 0.15) is 10.7 Å².